The number of para-hydroxylation sites is 1. The van der Waals surface area contributed by atoms with Crippen molar-refractivity contribution in [3.05, 3.63) is 77.4 Å². The number of carbonyl (C=O) groups excluding carboxylic acids is 2. The number of rotatable bonds is 5. The highest BCUT2D eigenvalue weighted by Gasteiger charge is 2.20. The van der Waals surface area contributed by atoms with Gasteiger partial charge in [-0.15, -0.1) is 0 Å². The van der Waals surface area contributed by atoms with Crippen molar-refractivity contribution in [3.63, 3.8) is 0 Å². The number of fused-ring (bicyclic) bond motifs is 1. The van der Waals surface area contributed by atoms with Crippen LogP contribution in [0.3, 0.4) is 0 Å². The lowest BCUT2D eigenvalue weighted by Crippen LogP contribution is -2.40. The van der Waals surface area contributed by atoms with Crippen molar-refractivity contribution in [1.82, 2.24) is 15.2 Å². The van der Waals surface area contributed by atoms with E-state index < -0.39 is 0 Å². The number of aromatic nitrogens is 1. The van der Waals surface area contributed by atoms with Crippen LogP contribution in [-0.4, -0.2) is 62.1 Å². The van der Waals surface area contributed by atoms with Crippen LogP contribution in [0.2, 0.25) is 0 Å². The van der Waals surface area contributed by atoms with Gasteiger partial charge in [-0.2, -0.15) is 4.98 Å². The second-order valence-corrected chi connectivity index (χ2v) is 8.77. The molecule has 184 valence electrons. The van der Waals surface area contributed by atoms with E-state index in [1.54, 1.807) is 13.1 Å². The number of benzene rings is 3. The van der Waals surface area contributed by atoms with Crippen LogP contribution < -0.4 is 10.2 Å². The van der Waals surface area contributed by atoms with Crippen LogP contribution in [0.5, 0.6) is 0 Å². The molecule has 0 aliphatic carbocycles. The van der Waals surface area contributed by atoms with Crippen molar-refractivity contribution >= 4 is 34.6 Å². The van der Waals surface area contributed by atoms with Gasteiger partial charge in [0.25, 0.3) is 11.8 Å². The highest BCUT2D eigenvalue weighted by Crippen LogP contribution is 2.34. The van der Waals surface area contributed by atoms with Crippen LogP contribution in [0.15, 0.2) is 65.1 Å². The number of ether oxygens (including phenoxy) is 1. The molecule has 8 heteroatoms. The van der Waals surface area contributed by atoms with Crippen LogP contribution in [0.1, 0.15) is 26.3 Å². The van der Waals surface area contributed by atoms with Crippen molar-refractivity contribution in [3.8, 4) is 11.1 Å². The van der Waals surface area contributed by atoms with E-state index in [9.17, 15) is 9.59 Å². The van der Waals surface area contributed by atoms with E-state index in [2.05, 4.69) is 5.32 Å². The topological polar surface area (TPSA) is 87.9 Å². The fourth-order valence-electron chi connectivity index (χ4n) is 4.41. The summed E-state index contributed by atoms with van der Waals surface area (Å²) in [5.74, 6) is -0.102. The molecule has 1 aliphatic rings. The minimum atomic E-state index is -0.120. The Hall–Kier alpha value is -4.17. The van der Waals surface area contributed by atoms with E-state index in [0.717, 1.165) is 27.9 Å². The Kier molecular flexibility index (Phi) is 6.43. The molecule has 8 nitrogen and oxygen atoms in total. The summed E-state index contributed by atoms with van der Waals surface area (Å²) in [6.45, 7) is 4.28. The van der Waals surface area contributed by atoms with Gasteiger partial charge in [-0.25, -0.2) is 0 Å². The number of carbonyl (C=O) groups is 2. The first kappa shape index (κ1) is 23.6. The van der Waals surface area contributed by atoms with E-state index in [-0.39, 0.29) is 11.8 Å². The molecule has 2 heterocycles. The molecule has 0 atom stereocenters. The van der Waals surface area contributed by atoms with E-state index in [0.29, 0.717) is 49.0 Å². The minimum Gasteiger partial charge on any atom is -0.423 e. The Bertz CT molecular complexity index is 1420. The maximum Gasteiger partial charge on any atom is 0.302 e. The SMILES string of the molecule is CNC(=O)c1ccc(N(C)c2nc3cccc(-c4ccc(C(=O)N5CCOCC5)cc4)c3o2)cc1C. The fraction of sp³-hybridized carbons (Fsp3) is 0.250. The van der Waals surface area contributed by atoms with Crippen LogP contribution in [0, 0.1) is 6.92 Å². The molecule has 3 aromatic carbocycles. The summed E-state index contributed by atoms with van der Waals surface area (Å²) in [5, 5.41) is 2.66. The lowest BCUT2D eigenvalue weighted by Gasteiger charge is -2.26. The summed E-state index contributed by atoms with van der Waals surface area (Å²) in [5.41, 5.74) is 6.26. The van der Waals surface area contributed by atoms with E-state index in [1.807, 2.05) is 78.4 Å². The lowest BCUT2D eigenvalue weighted by atomic mass is 10.0. The van der Waals surface area contributed by atoms with Gasteiger partial charge in [0.15, 0.2) is 5.58 Å². The number of hydrogen-bond donors (Lipinski definition) is 1. The zero-order chi connectivity index (χ0) is 25.2. The molecule has 2 amide bonds. The first-order valence-electron chi connectivity index (χ1n) is 11.9. The Morgan fingerprint density at radius 3 is 2.47 bits per heavy atom. The number of nitrogens with one attached hydrogen (secondary N) is 1. The van der Waals surface area contributed by atoms with Gasteiger partial charge in [-0.3, -0.25) is 14.5 Å². The molecule has 36 heavy (non-hydrogen) atoms. The Morgan fingerprint density at radius 1 is 1.03 bits per heavy atom. The molecule has 1 aromatic heterocycles. The van der Waals surface area contributed by atoms with Gasteiger partial charge < -0.3 is 19.4 Å². The Labute approximate surface area is 209 Å². The van der Waals surface area contributed by atoms with Crippen molar-refractivity contribution in [2.45, 2.75) is 6.92 Å². The molecular weight excluding hydrogens is 456 g/mol. The average molecular weight is 485 g/mol. The quantitative estimate of drug-likeness (QED) is 0.452. The summed E-state index contributed by atoms with van der Waals surface area (Å²) < 4.78 is 11.6. The van der Waals surface area contributed by atoms with Gasteiger partial charge in [0.1, 0.15) is 5.52 Å². The van der Waals surface area contributed by atoms with Gasteiger partial charge in [0.2, 0.25) is 0 Å². The number of aryl methyl sites for hydroxylation is 1. The summed E-state index contributed by atoms with van der Waals surface area (Å²) in [4.78, 5) is 33.2. The van der Waals surface area contributed by atoms with E-state index in [1.165, 1.54) is 0 Å². The fourth-order valence-corrected chi connectivity index (χ4v) is 4.41. The Balaban J connectivity index is 1.42. The average Bonchev–Trinajstić information content (AvgIpc) is 3.37. The number of amides is 2. The van der Waals surface area contributed by atoms with Crippen molar-refractivity contribution in [1.29, 1.82) is 0 Å². The number of oxazole rings is 1. The van der Waals surface area contributed by atoms with Crippen LogP contribution >= 0.6 is 0 Å². The summed E-state index contributed by atoms with van der Waals surface area (Å²) in [6.07, 6.45) is 0. The minimum absolute atomic E-state index is 0.0179. The highest BCUT2D eigenvalue weighted by atomic mass is 16.5. The zero-order valence-electron chi connectivity index (χ0n) is 20.6. The molecule has 0 bridgehead atoms. The predicted octanol–water partition coefficient (Wildman–Crippen LogP) is 4.40. The second kappa shape index (κ2) is 9.83. The normalized spacial score (nSPS) is 13.6. The second-order valence-electron chi connectivity index (χ2n) is 8.77. The number of anilines is 2. The van der Waals surface area contributed by atoms with Gasteiger partial charge in [0.05, 0.1) is 13.2 Å². The maximum absolute atomic E-state index is 12.8. The summed E-state index contributed by atoms with van der Waals surface area (Å²) in [7, 11) is 3.50. The van der Waals surface area contributed by atoms with Gasteiger partial charge in [-0.05, 0) is 54.4 Å². The Morgan fingerprint density at radius 2 is 1.78 bits per heavy atom. The van der Waals surface area contributed by atoms with Gasteiger partial charge >= 0.3 is 6.01 Å². The number of morpholine rings is 1. The standard InChI is InChI=1S/C28H28N4O4/c1-18-17-21(11-12-22(18)26(33)29-2)31(3)28-30-24-6-4-5-23(25(24)36-28)19-7-9-20(10-8-19)27(34)32-13-15-35-16-14-32/h4-12,17H,13-16H2,1-3H3,(H,29,33). The van der Waals surface area contributed by atoms with Crippen molar-refractivity contribution < 1.29 is 18.7 Å². The molecule has 0 radical (unpaired) electrons. The summed E-state index contributed by atoms with van der Waals surface area (Å²) in [6, 6.07) is 19.5. The molecule has 5 rings (SSSR count). The third kappa shape index (κ3) is 4.43. The summed E-state index contributed by atoms with van der Waals surface area (Å²) >= 11 is 0. The van der Waals surface area contributed by atoms with Crippen LogP contribution in [0.4, 0.5) is 11.7 Å². The smallest absolute Gasteiger partial charge is 0.302 e. The van der Waals surface area contributed by atoms with Crippen LogP contribution in [0.25, 0.3) is 22.2 Å². The monoisotopic (exact) mass is 484 g/mol. The molecule has 0 spiro atoms. The van der Waals surface area contributed by atoms with Crippen molar-refractivity contribution in [2.24, 2.45) is 0 Å². The molecular formula is C28H28N4O4. The molecule has 1 aliphatic heterocycles. The molecule has 0 unspecified atom stereocenters. The first-order chi connectivity index (χ1) is 17.5. The molecule has 0 saturated carbocycles. The van der Waals surface area contributed by atoms with Gasteiger partial charge in [-0.1, -0.05) is 24.3 Å². The molecule has 1 N–H and O–H groups in total. The third-order valence-electron chi connectivity index (χ3n) is 6.50. The van der Waals surface area contributed by atoms with E-state index in [4.69, 9.17) is 14.1 Å². The predicted molar refractivity (Wildman–Crippen MR) is 139 cm³/mol. The van der Waals surface area contributed by atoms with E-state index >= 15 is 0 Å². The largest absolute Gasteiger partial charge is 0.423 e. The zero-order valence-corrected chi connectivity index (χ0v) is 20.6. The van der Waals surface area contributed by atoms with Crippen LogP contribution in [-0.2, 0) is 4.74 Å². The highest BCUT2D eigenvalue weighted by molar-refractivity contribution is 5.97. The lowest BCUT2D eigenvalue weighted by molar-refractivity contribution is 0.0303. The number of nitrogens with zero attached hydrogens (tertiary/aromatic N) is 3. The molecule has 1 saturated heterocycles. The molecule has 1 fully saturated rings. The van der Waals surface area contributed by atoms with Gasteiger partial charge in [0, 0.05) is 49.6 Å². The molecule has 4 aromatic rings. The maximum atomic E-state index is 12.8. The number of hydrogen-bond acceptors (Lipinski definition) is 6. The first-order valence-corrected chi connectivity index (χ1v) is 11.9. The van der Waals surface area contributed by atoms with Crippen molar-refractivity contribution in [2.75, 3.05) is 45.3 Å². The third-order valence-corrected chi connectivity index (χ3v) is 6.50.